The van der Waals surface area contributed by atoms with Crippen molar-refractivity contribution in [2.45, 2.75) is 12.5 Å². The molecule has 2 amide bonds. The summed E-state index contributed by atoms with van der Waals surface area (Å²) in [5.41, 5.74) is 1.50. The van der Waals surface area contributed by atoms with Crippen molar-refractivity contribution in [2.75, 3.05) is 17.3 Å². The predicted octanol–water partition coefficient (Wildman–Crippen LogP) is 5.09. The number of thioether (sulfide) groups is 1. The van der Waals surface area contributed by atoms with E-state index in [-0.39, 0.29) is 11.7 Å². The molecule has 3 aromatic rings. The van der Waals surface area contributed by atoms with E-state index in [1.54, 1.807) is 53.5 Å². The Morgan fingerprint density at radius 1 is 1.23 bits per heavy atom. The number of thiazole rings is 1. The van der Waals surface area contributed by atoms with Crippen molar-refractivity contribution in [3.63, 3.8) is 0 Å². The first-order valence-electron chi connectivity index (χ1n) is 9.04. The van der Waals surface area contributed by atoms with Gasteiger partial charge in [-0.1, -0.05) is 35.9 Å². The molecule has 156 valence electrons. The van der Waals surface area contributed by atoms with Gasteiger partial charge < -0.3 is 10.6 Å². The van der Waals surface area contributed by atoms with Crippen LogP contribution in [-0.2, 0) is 4.79 Å². The lowest BCUT2D eigenvalue weighted by Gasteiger charge is -2.17. The molecule has 30 heavy (non-hydrogen) atoms. The van der Waals surface area contributed by atoms with Crippen LogP contribution in [0, 0.1) is 5.82 Å². The Morgan fingerprint density at radius 3 is 2.77 bits per heavy atom. The van der Waals surface area contributed by atoms with E-state index in [1.807, 2.05) is 6.26 Å². The summed E-state index contributed by atoms with van der Waals surface area (Å²) in [4.78, 5) is 29.8. The number of rotatable bonds is 8. The average molecular weight is 464 g/mol. The molecule has 0 radical (unpaired) electrons. The molecule has 1 aromatic heterocycles. The second-order valence-corrected chi connectivity index (χ2v) is 8.58. The molecule has 0 saturated carbocycles. The molecule has 2 N–H and O–H groups in total. The molecule has 0 saturated heterocycles. The van der Waals surface area contributed by atoms with Gasteiger partial charge in [0, 0.05) is 10.9 Å². The lowest BCUT2D eigenvalue weighted by molar-refractivity contribution is -0.118. The molecule has 0 spiro atoms. The largest absolute Gasteiger partial charge is 0.340 e. The van der Waals surface area contributed by atoms with Gasteiger partial charge in [-0.3, -0.25) is 9.59 Å². The van der Waals surface area contributed by atoms with Gasteiger partial charge in [0.1, 0.15) is 11.9 Å². The number of carbonyl (C=O) groups is 2. The van der Waals surface area contributed by atoms with Crippen LogP contribution in [0.5, 0.6) is 0 Å². The van der Waals surface area contributed by atoms with Crippen LogP contribution in [0.2, 0.25) is 5.02 Å². The topological polar surface area (TPSA) is 71.1 Å². The normalized spacial score (nSPS) is 11.7. The summed E-state index contributed by atoms with van der Waals surface area (Å²) in [5.74, 6) is -0.454. The third kappa shape index (κ3) is 5.81. The maximum atomic E-state index is 13.4. The van der Waals surface area contributed by atoms with Crippen molar-refractivity contribution in [3.8, 4) is 11.3 Å². The Bertz CT molecular complexity index is 1040. The van der Waals surface area contributed by atoms with Crippen molar-refractivity contribution in [1.29, 1.82) is 0 Å². The number of halogens is 2. The lowest BCUT2D eigenvalue weighted by atomic mass is 10.1. The minimum atomic E-state index is -0.747. The molecule has 1 atom stereocenters. The van der Waals surface area contributed by atoms with E-state index in [0.29, 0.717) is 39.1 Å². The molecule has 0 fully saturated rings. The van der Waals surface area contributed by atoms with Crippen LogP contribution in [0.15, 0.2) is 53.9 Å². The molecule has 3 rings (SSSR count). The summed E-state index contributed by atoms with van der Waals surface area (Å²) in [5, 5.41) is 7.93. The van der Waals surface area contributed by atoms with Crippen molar-refractivity contribution >= 4 is 51.6 Å². The number of amides is 2. The van der Waals surface area contributed by atoms with Crippen LogP contribution < -0.4 is 10.6 Å². The molecule has 2 aromatic carbocycles. The zero-order valence-corrected chi connectivity index (χ0v) is 18.4. The van der Waals surface area contributed by atoms with Gasteiger partial charge in [-0.25, -0.2) is 9.37 Å². The van der Waals surface area contributed by atoms with Crippen molar-refractivity contribution in [2.24, 2.45) is 0 Å². The second-order valence-electron chi connectivity index (χ2n) is 6.32. The van der Waals surface area contributed by atoms with Crippen LogP contribution >= 0.6 is 34.7 Å². The van der Waals surface area contributed by atoms with E-state index >= 15 is 0 Å². The van der Waals surface area contributed by atoms with Crippen LogP contribution in [0.3, 0.4) is 0 Å². The summed E-state index contributed by atoms with van der Waals surface area (Å²) < 4.78 is 13.4. The number of hydrogen-bond donors (Lipinski definition) is 2. The first kappa shape index (κ1) is 22.3. The fraction of sp³-hybridized carbons (Fsp3) is 0.190. The number of nitrogens with one attached hydrogen (secondary N) is 2. The average Bonchev–Trinajstić information content (AvgIpc) is 3.19. The van der Waals surface area contributed by atoms with Crippen molar-refractivity contribution in [3.05, 3.63) is 70.3 Å². The SMILES string of the molecule is CSCCC(NC(=O)c1ccccc1Cl)C(=O)Nc1nc(-c2cccc(F)c2)cs1. The molecule has 0 aliphatic carbocycles. The van der Waals surface area contributed by atoms with E-state index in [9.17, 15) is 14.0 Å². The standard InChI is InChI=1S/C21H19ClFN3O2S2/c1-29-10-9-17(24-19(27)15-7-2-3-8-16(15)22)20(28)26-21-25-18(12-30-21)13-5-4-6-14(23)11-13/h2-8,11-12,17H,9-10H2,1H3,(H,24,27)(H,25,26,28). The second kappa shape index (κ2) is 10.6. The fourth-order valence-corrected chi connectivity index (χ4v) is 4.11. The maximum Gasteiger partial charge on any atom is 0.253 e. The van der Waals surface area contributed by atoms with Gasteiger partial charge in [-0.2, -0.15) is 11.8 Å². The molecule has 5 nitrogen and oxygen atoms in total. The first-order chi connectivity index (χ1) is 14.5. The quantitative estimate of drug-likeness (QED) is 0.488. The lowest BCUT2D eigenvalue weighted by Crippen LogP contribution is -2.44. The maximum absolute atomic E-state index is 13.4. The van der Waals surface area contributed by atoms with Gasteiger partial charge in [-0.15, -0.1) is 11.3 Å². The van der Waals surface area contributed by atoms with Gasteiger partial charge >= 0.3 is 0 Å². The predicted molar refractivity (Wildman–Crippen MR) is 122 cm³/mol. The number of aromatic nitrogens is 1. The summed E-state index contributed by atoms with van der Waals surface area (Å²) in [7, 11) is 0. The molecule has 0 aliphatic heterocycles. The number of nitrogens with zero attached hydrogens (tertiary/aromatic N) is 1. The van der Waals surface area contributed by atoms with E-state index in [2.05, 4.69) is 15.6 Å². The van der Waals surface area contributed by atoms with Crippen molar-refractivity contribution < 1.29 is 14.0 Å². The minimum Gasteiger partial charge on any atom is -0.340 e. The summed E-state index contributed by atoms with van der Waals surface area (Å²) >= 11 is 8.90. The molecule has 1 heterocycles. The Morgan fingerprint density at radius 2 is 2.03 bits per heavy atom. The molecular formula is C21H19ClFN3O2S2. The number of benzene rings is 2. The zero-order chi connectivity index (χ0) is 21.5. The van der Waals surface area contributed by atoms with Gasteiger partial charge in [0.25, 0.3) is 5.91 Å². The van der Waals surface area contributed by atoms with Crippen LogP contribution in [0.1, 0.15) is 16.8 Å². The highest BCUT2D eigenvalue weighted by molar-refractivity contribution is 7.98. The van der Waals surface area contributed by atoms with Crippen molar-refractivity contribution in [1.82, 2.24) is 10.3 Å². The Hall–Kier alpha value is -2.42. The van der Waals surface area contributed by atoms with Gasteiger partial charge in [0.05, 0.1) is 16.3 Å². The van der Waals surface area contributed by atoms with Crippen LogP contribution in [-0.4, -0.2) is 34.8 Å². The fourth-order valence-electron chi connectivity index (χ4n) is 2.69. The number of anilines is 1. The first-order valence-corrected chi connectivity index (χ1v) is 11.7. The third-order valence-electron chi connectivity index (χ3n) is 4.21. The minimum absolute atomic E-state index is 0.309. The summed E-state index contributed by atoms with van der Waals surface area (Å²) in [6.45, 7) is 0. The van der Waals surface area contributed by atoms with Gasteiger partial charge in [0.15, 0.2) is 5.13 Å². The molecule has 1 unspecified atom stereocenters. The molecular weight excluding hydrogens is 445 g/mol. The zero-order valence-electron chi connectivity index (χ0n) is 16.0. The molecule has 9 heteroatoms. The Labute approximate surface area is 187 Å². The van der Waals surface area contributed by atoms with Crippen LogP contribution in [0.25, 0.3) is 11.3 Å². The number of carbonyl (C=O) groups excluding carboxylic acids is 2. The Balaban J connectivity index is 1.71. The van der Waals surface area contributed by atoms with E-state index in [4.69, 9.17) is 11.6 Å². The highest BCUT2D eigenvalue weighted by atomic mass is 35.5. The summed E-state index contributed by atoms with van der Waals surface area (Å²) in [6.07, 6.45) is 2.38. The van der Waals surface area contributed by atoms with Gasteiger partial charge in [-0.05, 0) is 42.7 Å². The monoisotopic (exact) mass is 463 g/mol. The molecule has 0 bridgehead atoms. The van der Waals surface area contributed by atoms with E-state index < -0.39 is 11.9 Å². The van der Waals surface area contributed by atoms with Crippen LogP contribution in [0.4, 0.5) is 9.52 Å². The van der Waals surface area contributed by atoms with E-state index in [1.165, 1.54) is 23.5 Å². The highest BCUT2D eigenvalue weighted by Crippen LogP contribution is 2.25. The highest BCUT2D eigenvalue weighted by Gasteiger charge is 2.23. The molecule has 0 aliphatic rings. The smallest absolute Gasteiger partial charge is 0.253 e. The summed E-state index contributed by atoms with van der Waals surface area (Å²) in [6, 6.07) is 12.0. The Kier molecular flexibility index (Phi) is 7.84. The third-order valence-corrected chi connectivity index (χ3v) is 5.94. The number of hydrogen-bond acceptors (Lipinski definition) is 5. The van der Waals surface area contributed by atoms with Gasteiger partial charge in [0.2, 0.25) is 5.91 Å². The van der Waals surface area contributed by atoms with E-state index in [0.717, 1.165) is 0 Å².